The molecular weight excluding hydrogens is 458 g/mol. The van der Waals surface area contributed by atoms with Crippen LogP contribution in [0.1, 0.15) is 40.7 Å². The van der Waals surface area contributed by atoms with Crippen molar-refractivity contribution in [1.29, 1.82) is 5.26 Å². The second-order valence-electron chi connectivity index (χ2n) is 8.62. The van der Waals surface area contributed by atoms with E-state index in [0.29, 0.717) is 24.2 Å². The average molecular weight is 484 g/mol. The highest BCUT2D eigenvalue weighted by Crippen LogP contribution is 2.51. The second-order valence-corrected chi connectivity index (χ2v) is 10.9. The largest absolute Gasteiger partial charge is 0.384 e. The Morgan fingerprint density at radius 1 is 1.09 bits per heavy atom. The predicted octanol–water partition coefficient (Wildman–Crippen LogP) is 6.48. The van der Waals surface area contributed by atoms with Crippen molar-refractivity contribution < 1.29 is 4.79 Å². The Labute approximate surface area is 208 Å². The summed E-state index contributed by atoms with van der Waals surface area (Å²) in [5.41, 5.74) is 11.9. The minimum Gasteiger partial charge on any atom is -0.384 e. The van der Waals surface area contributed by atoms with Crippen LogP contribution in [0.5, 0.6) is 0 Å². The zero-order chi connectivity index (χ0) is 23.8. The molecule has 0 spiro atoms. The van der Waals surface area contributed by atoms with E-state index in [1.165, 1.54) is 0 Å². The van der Waals surface area contributed by atoms with Gasteiger partial charge >= 0.3 is 0 Å². The lowest BCUT2D eigenvalue weighted by atomic mass is 9.72. The summed E-state index contributed by atoms with van der Waals surface area (Å²) in [7, 11) is 0. The van der Waals surface area contributed by atoms with Gasteiger partial charge in [-0.15, -0.1) is 23.1 Å². The highest BCUT2D eigenvalue weighted by Gasteiger charge is 2.43. The minimum atomic E-state index is -0.434. The fourth-order valence-corrected chi connectivity index (χ4v) is 7.06. The molecule has 0 saturated carbocycles. The van der Waals surface area contributed by atoms with Gasteiger partial charge in [0, 0.05) is 28.3 Å². The first-order valence-electron chi connectivity index (χ1n) is 11.2. The Balaban J connectivity index is 1.74. The lowest BCUT2D eigenvalue weighted by Gasteiger charge is -2.41. The van der Waals surface area contributed by atoms with Crippen LogP contribution >= 0.6 is 23.1 Å². The van der Waals surface area contributed by atoms with Crippen LogP contribution in [0.25, 0.3) is 0 Å². The molecule has 2 N–H and O–H groups in total. The summed E-state index contributed by atoms with van der Waals surface area (Å²) in [6, 6.07) is 24.5. The molecule has 4 nitrogen and oxygen atoms in total. The molecule has 2 atom stereocenters. The number of hydrogen-bond donors (Lipinski definition) is 1. The van der Waals surface area contributed by atoms with Crippen LogP contribution in [0, 0.1) is 18.3 Å². The number of carbonyl (C=O) groups excluding carboxylic acids is 1. The van der Waals surface area contributed by atoms with Crippen molar-refractivity contribution in [1.82, 2.24) is 0 Å². The highest BCUT2D eigenvalue weighted by molar-refractivity contribution is 8.00. The zero-order valence-corrected chi connectivity index (χ0v) is 20.7. The topological polar surface area (TPSA) is 70.1 Å². The maximum absolute atomic E-state index is 13.9. The van der Waals surface area contributed by atoms with Gasteiger partial charge in [0.05, 0.1) is 21.8 Å². The molecule has 0 saturated heterocycles. The van der Waals surface area contributed by atoms with E-state index >= 15 is 0 Å². The van der Waals surface area contributed by atoms with Crippen LogP contribution < -0.4 is 10.6 Å². The molecule has 1 aliphatic heterocycles. The maximum atomic E-state index is 13.9. The number of thioether (sulfide) groups is 1. The van der Waals surface area contributed by atoms with Crippen LogP contribution in [0.2, 0.25) is 0 Å². The minimum absolute atomic E-state index is 0.0694. The Bertz CT molecular complexity index is 1350. The molecular formula is C28H25N3OS2. The molecule has 6 heteroatoms. The Morgan fingerprint density at radius 2 is 1.76 bits per heavy atom. The number of ketones is 1. The van der Waals surface area contributed by atoms with Gasteiger partial charge in [0.25, 0.3) is 0 Å². The standard InChI is InChI=1S/C28H25N3OS2/c1-17-13-21(28(33-2)34-17)25-22(16-29)27(30)31(20-11-7-4-8-12-20)23-14-19(15-24(32)26(23)25)18-9-5-3-6-10-18/h3-13,19,25H,14-15,30H2,1-2H3. The van der Waals surface area contributed by atoms with Gasteiger partial charge in [0.1, 0.15) is 5.82 Å². The van der Waals surface area contributed by atoms with Gasteiger partial charge in [-0.3, -0.25) is 9.69 Å². The number of nitrogens with two attached hydrogens (primary N) is 1. The molecule has 34 heavy (non-hydrogen) atoms. The van der Waals surface area contributed by atoms with Crippen LogP contribution in [-0.2, 0) is 4.79 Å². The number of rotatable bonds is 4. The van der Waals surface area contributed by atoms with E-state index in [2.05, 4.69) is 31.2 Å². The fraction of sp³-hybridized carbons (Fsp3) is 0.214. The molecule has 5 rings (SSSR count). The number of allylic oxidation sites excluding steroid dienone is 3. The molecule has 0 bridgehead atoms. The van der Waals surface area contributed by atoms with E-state index < -0.39 is 5.92 Å². The lowest BCUT2D eigenvalue weighted by molar-refractivity contribution is -0.116. The Hall–Kier alpha value is -3.27. The van der Waals surface area contributed by atoms with E-state index in [4.69, 9.17) is 5.73 Å². The van der Waals surface area contributed by atoms with Crippen molar-refractivity contribution in [3.05, 3.63) is 105 Å². The van der Waals surface area contributed by atoms with E-state index in [-0.39, 0.29) is 11.7 Å². The summed E-state index contributed by atoms with van der Waals surface area (Å²) >= 11 is 3.36. The molecule has 0 fully saturated rings. The molecule has 1 aromatic heterocycles. The van der Waals surface area contributed by atoms with Crippen molar-refractivity contribution in [2.75, 3.05) is 11.2 Å². The third-order valence-corrected chi connectivity index (χ3v) is 8.81. The Morgan fingerprint density at radius 3 is 2.41 bits per heavy atom. The van der Waals surface area contributed by atoms with Gasteiger partial charge in [0.15, 0.2) is 5.78 Å². The number of anilines is 1. The number of carbonyl (C=O) groups is 1. The van der Waals surface area contributed by atoms with Crippen molar-refractivity contribution in [2.24, 2.45) is 5.73 Å². The summed E-state index contributed by atoms with van der Waals surface area (Å²) in [6.45, 7) is 2.07. The SMILES string of the molecule is CSc1sc(C)cc1C1C(C#N)=C(N)N(c2ccccc2)C2=C1C(=O)CC(c1ccccc1)C2. The van der Waals surface area contributed by atoms with Crippen molar-refractivity contribution in [2.45, 2.75) is 35.8 Å². The Kier molecular flexibility index (Phi) is 6.07. The third kappa shape index (κ3) is 3.75. The summed E-state index contributed by atoms with van der Waals surface area (Å²) in [5.74, 6) is 0.142. The van der Waals surface area contributed by atoms with E-state index in [1.54, 1.807) is 23.1 Å². The number of nitrogens with zero attached hydrogens (tertiary/aromatic N) is 2. The maximum Gasteiger partial charge on any atom is 0.162 e. The van der Waals surface area contributed by atoms with Crippen LogP contribution in [0.15, 0.2) is 93.6 Å². The highest BCUT2D eigenvalue weighted by atomic mass is 32.2. The number of benzene rings is 2. The van der Waals surface area contributed by atoms with Crippen LogP contribution in [0.3, 0.4) is 0 Å². The van der Waals surface area contributed by atoms with Gasteiger partial charge in [-0.1, -0.05) is 48.5 Å². The molecule has 0 amide bonds. The van der Waals surface area contributed by atoms with Gasteiger partial charge in [0.2, 0.25) is 0 Å². The average Bonchev–Trinajstić information content (AvgIpc) is 3.24. The van der Waals surface area contributed by atoms with Gasteiger partial charge in [-0.25, -0.2) is 0 Å². The smallest absolute Gasteiger partial charge is 0.162 e. The van der Waals surface area contributed by atoms with E-state index in [9.17, 15) is 10.1 Å². The van der Waals surface area contributed by atoms with Crippen molar-refractivity contribution >= 4 is 34.6 Å². The number of para-hydroxylation sites is 1. The molecule has 2 heterocycles. The molecule has 170 valence electrons. The number of nitriles is 1. The normalized spacial score (nSPS) is 20.4. The summed E-state index contributed by atoms with van der Waals surface area (Å²) < 4.78 is 1.13. The molecule has 2 aliphatic rings. The number of aryl methyl sites for hydroxylation is 1. The van der Waals surface area contributed by atoms with Gasteiger partial charge in [-0.2, -0.15) is 5.26 Å². The van der Waals surface area contributed by atoms with Crippen molar-refractivity contribution in [3.8, 4) is 6.07 Å². The van der Waals surface area contributed by atoms with Crippen molar-refractivity contribution in [3.63, 3.8) is 0 Å². The first-order valence-corrected chi connectivity index (χ1v) is 13.3. The number of hydrogen-bond acceptors (Lipinski definition) is 6. The molecule has 3 aromatic rings. The zero-order valence-electron chi connectivity index (χ0n) is 19.1. The molecule has 2 aromatic carbocycles. The van der Waals surface area contributed by atoms with E-state index in [1.807, 2.05) is 59.7 Å². The van der Waals surface area contributed by atoms with Crippen LogP contribution in [-0.4, -0.2) is 12.0 Å². The van der Waals surface area contributed by atoms with E-state index in [0.717, 1.165) is 37.2 Å². The quantitative estimate of drug-likeness (QED) is 0.430. The second kappa shape index (κ2) is 9.17. The molecule has 0 radical (unpaired) electrons. The number of Topliss-reactive ketones (excluding diaryl/α,β-unsaturated/α-hetero) is 1. The number of thiophene rings is 1. The van der Waals surface area contributed by atoms with Crippen LogP contribution in [0.4, 0.5) is 5.69 Å². The molecule has 2 unspecified atom stereocenters. The lowest BCUT2D eigenvalue weighted by Crippen LogP contribution is -2.40. The monoisotopic (exact) mass is 483 g/mol. The predicted molar refractivity (Wildman–Crippen MR) is 140 cm³/mol. The first kappa shape index (κ1) is 22.5. The molecule has 1 aliphatic carbocycles. The first-order chi connectivity index (χ1) is 16.5. The fourth-order valence-electron chi connectivity index (χ4n) is 5.15. The summed E-state index contributed by atoms with van der Waals surface area (Å²) in [4.78, 5) is 17.0. The third-order valence-electron chi connectivity index (χ3n) is 6.60. The summed E-state index contributed by atoms with van der Waals surface area (Å²) in [6.07, 6.45) is 3.16. The van der Waals surface area contributed by atoms with Gasteiger partial charge in [-0.05, 0) is 54.8 Å². The summed E-state index contributed by atoms with van der Waals surface area (Å²) in [5, 5.41) is 10.3. The van der Waals surface area contributed by atoms with Gasteiger partial charge < -0.3 is 5.73 Å².